The highest BCUT2D eigenvalue weighted by Crippen LogP contribution is 2.37. The number of aromatic nitrogens is 2. The number of hydrogen-bond acceptors (Lipinski definition) is 5. The molecule has 1 saturated carbocycles. The molecule has 1 aliphatic heterocycles. The first-order valence-electron chi connectivity index (χ1n) is 8.45. The van der Waals surface area contributed by atoms with Gasteiger partial charge in [0, 0.05) is 18.4 Å². The van der Waals surface area contributed by atoms with Crippen LogP contribution in [0.1, 0.15) is 69.6 Å². The van der Waals surface area contributed by atoms with Crippen LogP contribution >= 0.6 is 0 Å². The smallest absolute Gasteiger partial charge is 0.229 e. The van der Waals surface area contributed by atoms with E-state index in [1.54, 1.807) is 0 Å². The second-order valence-electron chi connectivity index (χ2n) is 6.87. The molecule has 1 aromatic heterocycles. The molecule has 22 heavy (non-hydrogen) atoms. The molecular formula is C16H26N4O2. The quantitative estimate of drug-likeness (QED) is 0.922. The van der Waals surface area contributed by atoms with Gasteiger partial charge in [-0.3, -0.25) is 4.79 Å². The Labute approximate surface area is 131 Å². The Morgan fingerprint density at radius 3 is 2.86 bits per heavy atom. The van der Waals surface area contributed by atoms with E-state index in [2.05, 4.69) is 10.1 Å². The Hall–Kier alpha value is -1.43. The third-order valence-corrected chi connectivity index (χ3v) is 5.06. The second kappa shape index (κ2) is 6.36. The largest absolute Gasteiger partial charge is 0.339 e. The highest BCUT2D eigenvalue weighted by Gasteiger charge is 2.40. The number of carbonyl (C=O) groups excluding carboxylic acids is 1. The molecule has 1 unspecified atom stereocenters. The third-order valence-electron chi connectivity index (χ3n) is 5.06. The van der Waals surface area contributed by atoms with Gasteiger partial charge in [0.1, 0.15) is 0 Å². The number of hydrogen-bond donors (Lipinski definition) is 1. The maximum absolute atomic E-state index is 12.9. The molecule has 2 aliphatic rings. The van der Waals surface area contributed by atoms with Crippen molar-refractivity contribution in [3.63, 3.8) is 0 Å². The zero-order valence-corrected chi connectivity index (χ0v) is 13.5. The molecule has 6 heteroatoms. The van der Waals surface area contributed by atoms with Crippen LogP contribution in [-0.4, -0.2) is 34.0 Å². The van der Waals surface area contributed by atoms with Gasteiger partial charge >= 0.3 is 0 Å². The van der Waals surface area contributed by atoms with Gasteiger partial charge in [0.05, 0.1) is 6.04 Å². The van der Waals surface area contributed by atoms with Crippen molar-refractivity contribution in [3.8, 4) is 0 Å². The summed E-state index contributed by atoms with van der Waals surface area (Å²) in [5, 5.41) is 4.11. The molecule has 0 aromatic carbocycles. The van der Waals surface area contributed by atoms with Gasteiger partial charge in [-0.25, -0.2) is 0 Å². The average Bonchev–Trinajstić information content (AvgIpc) is 3.23. The van der Waals surface area contributed by atoms with E-state index in [1.807, 2.05) is 18.7 Å². The van der Waals surface area contributed by atoms with Crippen molar-refractivity contribution >= 4 is 5.91 Å². The van der Waals surface area contributed by atoms with Crippen molar-refractivity contribution in [3.05, 3.63) is 11.7 Å². The summed E-state index contributed by atoms with van der Waals surface area (Å²) in [5.41, 5.74) is 5.83. The topological polar surface area (TPSA) is 85.2 Å². The van der Waals surface area contributed by atoms with Gasteiger partial charge in [-0.2, -0.15) is 4.98 Å². The molecule has 0 bridgehead atoms. The van der Waals surface area contributed by atoms with Gasteiger partial charge in [-0.15, -0.1) is 0 Å². The highest BCUT2D eigenvalue weighted by atomic mass is 16.5. The number of likely N-dealkylation sites (tertiary alicyclic amines) is 1. The van der Waals surface area contributed by atoms with Gasteiger partial charge in [-0.05, 0) is 38.1 Å². The minimum absolute atomic E-state index is 0.0252. The molecule has 0 spiro atoms. The maximum Gasteiger partial charge on any atom is 0.229 e. The Kier molecular flexibility index (Phi) is 4.47. The fraction of sp³-hybridized carbons (Fsp3) is 0.812. The van der Waals surface area contributed by atoms with Crippen molar-refractivity contribution < 1.29 is 9.32 Å². The molecule has 1 saturated heterocycles. The van der Waals surface area contributed by atoms with E-state index >= 15 is 0 Å². The lowest BCUT2D eigenvalue weighted by molar-refractivity contribution is -0.137. The van der Waals surface area contributed by atoms with E-state index in [9.17, 15) is 4.79 Å². The fourth-order valence-electron chi connectivity index (χ4n) is 3.77. The molecular weight excluding hydrogens is 280 g/mol. The number of nitrogens with zero attached hydrogens (tertiary/aromatic N) is 3. The van der Waals surface area contributed by atoms with Crippen LogP contribution in [0.5, 0.6) is 0 Å². The predicted molar refractivity (Wildman–Crippen MR) is 82.0 cm³/mol. The molecule has 6 nitrogen and oxygen atoms in total. The molecule has 2 N–H and O–H groups in total. The van der Waals surface area contributed by atoms with Crippen molar-refractivity contribution in [1.29, 1.82) is 0 Å². The van der Waals surface area contributed by atoms with Crippen molar-refractivity contribution in [2.45, 2.75) is 57.9 Å². The van der Waals surface area contributed by atoms with Crippen LogP contribution in [0.2, 0.25) is 0 Å². The fourth-order valence-corrected chi connectivity index (χ4v) is 3.77. The summed E-state index contributed by atoms with van der Waals surface area (Å²) in [4.78, 5) is 19.4. The first kappa shape index (κ1) is 15.5. The number of rotatable bonds is 4. The standard InChI is InChI=1S/C16H26N4O2/c1-10(2)15-18-14(19-22-15)13-7-4-8-20(13)16(21)12-6-3-5-11(12)9-17/h10-13H,3-9,17H2,1-2H3/t11-,12-,13?/m1/s1. The summed E-state index contributed by atoms with van der Waals surface area (Å²) in [6, 6.07) is -0.0252. The molecule has 2 heterocycles. The number of amides is 1. The molecule has 3 rings (SSSR count). The Morgan fingerprint density at radius 2 is 2.18 bits per heavy atom. The Morgan fingerprint density at radius 1 is 1.36 bits per heavy atom. The SMILES string of the molecule is CC(C)c1nc(C2CCCN2C(=O)[C@@H]2CCC[C@@H]2CN)no1. The molecule has 2 fully saturated rings. The minimum Gasteiger partial charge on any atom is -0.339 e. The summed E-state index contributed by atoms with van der Waals surface area (Å²) < 4.78 is 5.32. The molecule has 1 aliphatic carbocycles. The lowest BCUT2D eigenvalue weighted by atomic mass is 9.94. The number of nitrogens with two attached hydrogens (primary N) is 1. The van der Waals surface area contributed by atoms with Crippen molar-refractivity contribution in [2.75, 3.05) is 13.1 Å². The monoisotopic (exact) mass is 306 g/mol. The van der Waals surface area contributed by atoms with Crippen LogP contribution in [-0.2, 0) is 4.79 Å². The van der Waals surface area contributed by atoms with Crippen LogP contribution in [0.15, 0.2) is 4.52 Å². The van der Waals surface area contributed by atoms with Crippen LogP contribution in [0.4, 0.5) is 0 Å². The Bertz CT molecular complexity index is 528. The molecule has 1 amide bonds. The minimum atomic E-state index is -0.0252. The zero-order valence-electron chi connectivity index (χ0n) is 13.5. The van der Waals surface area contributed by atoms with E-state index in [4.69, 9.17) is 10.3 Å². The van der Waals surface area contributed by atoms with Gasteiger partial charge in [0.2, 0.25) is 11.8 Å². The highest BCUT2D eigenvalue weighted by molar-refractivity contribution is 5.80. The number of carbonyl (C=O) groups is 1. The van der Waals surface area contributed by atoms with E-state index < -0.39 is 0 Å². The van der Waals surface area contributed by atoms with Gasteiger partial charge < -0.3 is 15.2 Å². The van der Waals surface area contributed by atoms with E-state index in [-0.39, 0.29) is 23.8 Å². The van der Waals surface area contributed by atoms with E-state index in [0.29, 0.717) is 24.2 Å². The summed E-state index contributed by atoms with van der Waals surface area (Å²) >= 11 is 0. The maximum atomic E-state index is 12.9. The summed E-state index contributed by atoms with van der Waals surface area (Å²) in [7, 11) is 0. The first-order chi connectivity index (χ1) is 10.6. The van der Waals surface area contributed by atoms with E-state index in [0.717, 1.165) is 38.6 Å². The molecule has 0 radical (unpaired) electrons. The summed E-state index contributed by atoms with van der Waals surface area (Å²) in [5.74, 6) is 2.19. The lowest BCUT2D eigenvalue weighted by Gasteiger charge is -2.27. The molecule has 3 atom stereocenters. The zero-order chi connectivity index (χ0) is 15.7. The van der Waals surface area contributed by atoms with Crippen LogP contribution in [0, 0.1) is 11.8 Å². The average molecular weight is 306 g/mol. The Balaban J connectivity index is 1.76. The van der Waals surface area contributed by atoms with E-state index in [1.165, 1.54) is 0 Å². The normalized spacial score (nSPS) is 28.7. The van der Waals surface area contributed by atoms with Crippen LogP contribution < -0.4 is 5.73 Å². The van der Waals surface area contributed by atoms with Gasteiger partial charge in [0.15, 0.2) is 5.82 Å². The molecule has 122 valence electrons. The predicted octanol–water partition coefficient (Wildman–Crippen LogP) is 2.23. The van der Waals surface area contributed by atoms with Crippen molar-refractivity contribution in [2.24, 2.45) is 17.6 Å². The lowest BCUT2D eigenvalue weighted by Crippen LogP contribution is -2.39. The summed E-state index contributed by atoms with van der Waals surface area (Å²) in [6.07, 6.45) is 5.07. The second-order valence-corrected chi connectivity index (χ2v) is 6.87. The van der Waals surface area contributed by atoms with Gasteiger partial charge in [0.25, 0.3) is 0 Å². The van der Waals surface area contributed by atoms with Crippen LogP contribution in [0.25, 0.3) is 0 Å². The molecule has 1 aromatic rings. The third kappa shape index (κ3) is 2.76. The van der Waals surface area contributed by atoms with Crippen LogP contribution in [0.3, 0.4) is 0 Å². The first-order valence-corrected chi connectivity index (χ1v) is 8.45. The summed E-state index contributed by atoms with van der Waals surface area (Å²) in [6.45, 7) is 5.45. The van der Waals surface area contributed by atoms with Crippen molar-refractivity contribution in [1.82, 2.24) is 15.0 Å². The van der Waals surface area contributed by atoms with Gasteiger partial charge in [-0.1, -0.05) is 25.4 Å².